The molecule has 0 saturated heterocycles. The number of pyridine rings is 1. The van der Waals surface area contributed by atoms with Crippen molar-refractivity contribution in [2.45, 2.75) is 33.0 Å². The maximum absolute atomic E-state index is 12.4. The fourth-order valence-corrected chi connectivity index (χ4v) is 2.22. The van der Waals surface area contributed by atoms with E-state index in [0.29, 0.717) is 11.3 Å². The summed E-state index contributed by atoms with van der Waals surface area (Å²) < 4.78 is 46.4. The molecular weight excluding hydrogens is 407 g/mol. The monoisotopic (exact) mass is 427 g/mol. The van der Waals surface area contributed by atoms with Gasteiger partial charge >= 0.3 is 6.18 Å². The summed E-state index contributed by atoms with van der Waals surface area (Å²) in [5.41, 5.74) is 0.924. The Kier molecular flexibility index (Phi) is 7.50. The van der Waals surface area contributed by atoms with Crippen molar-refractivity contribution >= 4 is 17.8 Å². The number of rotatable bonds is 8. The maximum Gasteiger partial charge on any atom is 0.422 e. The third kappa shape index (κ3) is 6.87. The summed E-state index contributed by atoms with van der Waals surface area (Å²) >= 11 is 0. The average molecular weight is 427 g/mol. The van der Waals surface area contributed by atoms with Crippen molar-refractivity contribution in [2.24, 2.45) is 0 Å². The molecule has 0 bridgehead atoms. The predicted molar refractivity (Wildman–Crippen MR) is 99.2 cm³/mol. The van der Waals surface area contributed by atoms with Crippen molar-refractivity contribution in [2.75, 3.05) is 19.0 Å². The Labute approximate surface area is 170 Å². The molecule has 12 heteroatoms. The second kappa shape index (κ2) is 9.85. The lowest BCUT2D eigenvalue weighted by molar-refractivity contribution is -0.154. The van der Waals surface area contributed by atoms with Gasteiger partial charge in [-0.05, 0) is 19.1 Å². The normalized spacial score (nSPS) is 11.0. The van der Waals surface area contributed by atoms with Gasteiger partial charge in [0.15, 0.2) is 6.61 Å². The van der Waals surface area contributed by atoms with Gasteiger partial charge in [0.05, 0.1) is 7.11 Å². The predicted octanol–water partition coefficient (Wildman–Crippen LogP) is 2.41. The standard InChI is InChI=1S/C18H20F3N5O4/c1-4-13(27)25-17-23-10(2)7-12(24-17)15(28)22-8-11-5-6-14(26-16(11)29-3)30-9-18(19,20)21/h5-7H,4,8-9H2,1-3H3,(H,22,28)(H,23,24,25,27). The van der Waals surface area contributed by atoms with Gasteiger partial charge in [0, 0.05) is 30.3 Å². The SMILES string of the molecule is CCC(=O)Nc1nc(C)cc(C(=O)NCc2ccc(OCC(F)(F)F)nc2OC)n1. The van der Waals surface area contributed by atoms with E-state index in [0.717, 1.165) is 0 Å². The van der Waals surface area contributed by atoms with E-state index in [2.05, 4.69) is 30.3 Å². The Bertz CT molecular complexity index is 921. The number of aromatic nitrogens is 3. The third-order valence-corrected chi connectivity index (χ3v) is 3.59. The Hall–Kier alpha value is -3.44. The number of nitrogens with one attached hydrogen (secondary N) is 2. The summed E-state index contributed by atoms with van der Waals surface area (Å²) in [5.74, 6) is -1.09. The minimum Gasteiger partial charge on any atom is -0.481 e. The zero-order chi connectivity index (χ0) is 22.3. The molecule has 2 N–H and O–H groups in total. The summed E-state index contributed by atoms with van der Waals surface area (Å²) in [6.45, 7) is 1.80. The molecule has 162 valence electrons. The number of anilines is 1. The van der Waals surface area contributed by atoms with Crippen LogP contribution in [0.4, 0.5) is 19.1 Å². The number of hydrogen-bond acceptors (Lipinski definition) is 7. The van der Waals surface area contributed by atoms with Crippen molar-refractivity contribution in [1.29, 1.82) is 0 Å². The molecule has 9 nitrogen and oxygen atoms in total. The fourth-order valence-electron chi connectivity index (χ4n) is 2.22. The van der Waals surface area contributed by atoms with Crippen LogP contribution in [-0.2, 0) is 11.3 Å². The molecule has 2 heterocycles. The number of aryl methyl sites for hydroxylation is 1. The molecule has 30 heavy (non-hydrogen) atoms. The largest absolute Gasteiger partial charge is 0.481 e. The van der Waals surface area contributed by atoms with Gasteiger partial charge < -0.3 is 14.8 Å². The van der Waals surface area contributed by atoms with Gasteiger partial charge in [-0.1, -0.05) is 6.92 Å². The van der Waals surface area contributed by atoms with Crippen LogP contribution in [0.1, 0.15) is 35.1 Å². The summed E-state index contributed by atoms with van der Waals surface area (Å²) in [6, 6.07) is 4.11. The average Bonchev–Trinajstić information content (AvgIpc) is 2.69. The molecule has 0 aliphatic rings. The van der Waals surface area contributed by atoms with Gasteiger partial charge in [0.25, 0.3) is 5.91 Å². The van der Waals surface area contributed by atoms with Gasteiger partial charge in [-0.2, -0.15) is 18.2 Å². The molecule has 0 aliphatic heterocycles. The molecule has 0 aliphatic carbocycles. The Morgan fingerprint density at radius 1 is 1.17 bits per heavy atom. The number of alkyl halides is 3. The number of amides is 2. The highest BCUT2D eigenvalue weighted by molar-refractivity contribution is 5.93. The minimum absolute atomic E-state index is 0.00439. The van der Waals surface area contributed by atoms with E-state index in [-0.39, 0.29) is 42.3 Å². The lowest BCUT2D eigenvalue weighted by Crippen LogP contribution is -2.25. The number of halogens is 3. The first-order chi connectivity index (χ1) is 14.1. The summed E-state index contributed by atoms with van der Waals surface area (Å²) in [5, 5.41) is 5.09. The van der Waals surface area contributed by atoms with Crippen molar-refractivity contribution in [3.05, 3.63) is 35.2 Å². The smallest absolute Gasteiger partial charge is 0.422 e. The molecule has 2 aromatic rings. The first kappa shape index (κ1) is 22.8. The number of ether oxygens (including phenoxy) is 2. The van der Waals surface area contributed by atoms with Crippen molar-refractivity contribution in [1.82, 2.24) is 20.3 Å². The van der Waals surface area contributed by atoms with E-state index in [1.165, 1.54) is 25.3 Å². The highest BCUT2D eigenvalue weighted by Crippen LogP contribution is 2.22. The quantitative estimate of drug-likeness (QED) is 0.665. The highest BCUT2D eigenvalue weighted by Gasteiger charge is 2.28. The van der Waals surface area contributed by atoms with Gasteiger partial charge in [-0.3, -0.25) is 14.9 Å². The van der Waals surface area contributed by atoms with Crippen molar-refractivity contribution < 1.29 is 32.2 Å². The van der Waals surface area contributed by atoms with Crippen LogP contribution >= 0.6 is 0 Å². The zero-order valence-electron chi connectivity index (χ0n) is 16.5. The number of carbonyl (C=O) groups excluding carboxylic acids is 2. The minimum atomic E-state index is -4.49. The van der Waals surface area contributed by atoms with Gasteiger partial charge in [0.2, 0.25) is 23.6 Å². The van der Waals surface area contributed by atoms with Crippen LogP contribution in [-0.4, -0.2) is 46.7 Å². The first-order valence-corrected chi connectivity index (χ1v) is 8.78. The van der Waals surface area contributed by atoms with Crippen LogP contribution in [0.2, 0.25) is 0 Å². The van der Waals surface area contributed by atoms with Crippen LogP contribution in [0.25, 0.3) is 0 Å². The third-order valence-electron chi connectivity index (χ3n) is 3.59. The highest BCUT2D eigenvalue weighted by atomic mass is 19.4. The fraction of sp³-hybridized carbons (Fsp3) is 0.389. The molecule has 2 rings (SSSR count). The van der Waals surface area contributed by atoms with Gasteiger partial charge in [-0.15, -0.1) is 0 Å². The van der Waals surface area contributed by atoms with Crippen LogP contribution in [0.5, 0.6) is 11.8 Å². The molecule has 0 spiro atoms. The van der Waals surface area contributed by atoms with Crippen molar-refractivity contribution in [3.8, 4) is 11.8 Å². The molecule has 0 fully saturated rings. The molecule has 2 amide bonds. The van der Waals surface area contributed by atoms with E-state index in [9.17, 15) is 22.8 Å². The van der Waals surface area contributed by atoms with Crippen LogP contribution in [0.3, 0.4) is 0 Å². The van der Waals surface area contributed by atoms with E-state index in [1.54, 1.807) is 13.8 Å². The lowest BCUT2D eigenvalue weighted by atomic mass is 10.2. The zero-order valence-corrected chi connectivity index (χ0v) is 16.5. The summed E-state index contributed by atoms with van der Waals surface area (Å²) in [4.78, 5) is 35.8. The Morgan fingerprint density at radius 3 is 2.53 bits per heavy atom. The van der Waals surface area contributed by atoms with E-state index in [4.69, 9.17) is 4.74 Å². The summed E-state index contributed by atoms with van der Waals surface area (Å²) in [6.07, 6.45) is -4.26. The number of carbonyl (C=O) groups is 2. The van der Waals surface area contributed by atoms with Crippen LogP contribution in [0, 0.1) is 6.92 Å². The first-order valence-electron chi connectivity index (χ1n) is 8.78. The Balaban J connectivity index is 2.07. The molecule has 0 aromatic carbocycles. The van der Waals surface area contributed by atoms with Gasteiger partial charge in [0.1, 0.15) is 5.69 Å². The topological polar surface area (TPSA) is 115 Å². The van der Waals surface area contributed by atoms with Crippen LogP contribution < -0.4 is 20.1 Å². The maximum atomic E-state index is 12.4. The van der Waals surface area contributed by atoms with E-state index < -0.39 is 18.7 Å². The molecular formula is C18H20F3N5O4. The number of methoxy groups -OCH3 is 1. The second-order valence-electron chi connectivity index (χ2n) is 6.02. The Morgan fingerprint density at radius 2 is 1.90 bits per heavy atom. The molecule has 0 atom stereocenters. The number of hydrogen-bond donors (Lipinski definition) is 2. The van der Waals surface area contributed by atoms with Gasteiger partial charge in [-0.25, -0.2) is 9.97 Å². The molecule has 2 aromatic heterocycles. The van der Waals surface area contributed by atoms with E-state index in [1.807, 2.05) is 0 Å². The van der Waals surface area contributed by atoms with E-state index >= 15 is 0 Å². The molecule has 0 unspecified atom stereocenters. The lowest BCUT2D eigenvalue weighted by Gasteiger charge is -2.12. The molecule has 0 saturated carbocycles. The molecule has 0 radical (unpaired) electrons. The second-order valence-corrected chi connectivity index (χ2v) is 6.02. The number of nitrogens with zero attached hydrogens (tertiary/aromatic N) is 3. The van der Waals surface area contributed by atoms with Crippen LogP contribution in [0.15, 0.2) is 18.2 Å². The summed E-state index contributed by atoms with van der Waals surface area (Å²) in [7, 11) is 1.29. The van der Waals surface area contributed by atoms with Crippen molar-refractivity contribution in [3.63, 3.8) is 0 Å².